The minimum atomic E-state index is -0.412. The molecule has 26 heavy (non-hydrogen) atoms. The smallest absolute Gasteiger partial charge is 0.350 e. The van der Waals surface area contributed by atoms with Gasteiger partial charge in [0.05, 0.1) is 12.3 Å². The lowest BCUT2D eigenvalue weighted by Crippen LogP contribution is -2.25. The zero-order chi connectivity index (χ0) is 18.0. The largest absolute Gasteiger partial charge is 0.462 e. The Morgan fingerprint density at radius 3 is 2.85 bits per heavy atom. The number of H-pyrrole nitrogens is 1. The summed E-state index contributed by atoms with van der Waals surface area (Å²) in [6, 6.07) is 0. The van der Waals surface area contributed by atoms with Crippen molar-refractivity contribution in [2.75, 3.05) is 18.5 Å². The number of amides is 1. The van der Waals surface area contributed by atoms with E-state index < -0.39 is 5.97 Å². The number of thiazole rings is 1. The average Bonchev–Trinajstić information content (AvgIpc) is 3.19. The molecule has 0 radical (unpaired) electrons. The Hall–Kier alpha value is -1.97. The van der Waals surface area contributed by atoms with Crippen LogP contribution in [0.1, 0.15) is 63.8 Å². The van der Waals surface area contributed by atoms with Crippen molar-refractivity contribution in [2.24, 2.45) is 0 Å². The zero-order valence-corrected chi connectivity index (χ0v) is 16.5. The van der Waals surface area contributed by atoms with Crippen LogP contribution in [-0.2, 0) is 17.7 Å². The van der Waals surface area contributed by atoms with Gasteiger partial charge in [0.2, 0.25) is 0 Å². The van der Waals surface area contributed by atoms with Crippen molar-refractivity contribution < 1.29 is 14.3 Å². The molecule has 10 heteroatoms. The maximum absolute atomic E-state index is 12.6. The van der Waals surface area contributed by atoms with Crippen LogP contribution in [0.5, 0.6) is 0 Å². The summed E-state index contributed by atoms with van der Waals surface area (Å²) in [4.78, 5) is 29.5. The number of fused-ring (bicyclic) bond motifs is 1. The first kappa shape index (κ1) is 20.3. The number of anilines is 1. The molecule has 8 nitrogen and oxygen atoms in total. The summed E-state index contributed by atoms with van der Waals surface area (Å²) in [7, 11) is 0. The molecule has 0 atom stereocenters. The summed E-state index contributed by atoms with van der Waals surface area (Å²) in [6.45, 7) is 7.41. The van der Waals surface area contributed by atoms with Crippen LogP contribution in [0.2, 0.25) is 0 Å². The SMILES string of the molecule is CCOC(=O)c1sc(NC(=O)c2n[nH]c3c2CNCC3)nc1C(C)C.Cl. The molecular formula is C16H22ClN5O3S. The first-order valence-corrected chi connectivity index (χ1v) is 9.08. The van der Waals surface area contributed by atoms with Crippen LogP contribution in [0.3, 0.4) is 0 Å². The molecule has 0 aliphatic carbocycles. The Bertz CT molecular complexity index is 802. The number of hydrogen-bond donors (Lipinski definition) is 3. The van der Waals surface area contributed by atoms with Gasteiger partial charge in [0.15, 0.2) is 10.8 Å². The van der Waals surface area contributed by atoms with E-state index in [4.69, 9.17) is 4.74 Å². The van der Waals surface area contributed by atoms with Crippen LogP contribution in [0.4, 0.5) is 5.13 Å². The second-order valence-corrected chi connectivity index (χ2v) is 7.02. The maximum atomic E-state index is 12.6. The molecule has 2 aromatic rings. The van der Waals surface area contributed by atoms with Gasteiger partial charge in [-0.15, -0.1) is 12.4 Å². The number of rotatable bonds is 5. The van der Waals surface area contributed by atoms with E-state index in [0.717, 1.165) is 35.6 Å². The normalized spacial score (nSPS) is 13.1. The van der Waals surface area contributed by atoms with Crippen LogP contribution in [-0.4, -0.2) is 40.2 Å². The highest BCUT2D eigenvalue weighted by atomic mass is 35.5. The minimum absolute atomic E-state index is 0. The molecule has 1 aliphatic rings. The molecule has 0 fully saturated rings. The van der Waals surface area contributed by atoms with Crippen molar-refractivity contribution >= 4 is 40.8 Å². The van der Waals surface area contributed by atoms with E-state index >= 15 is 0 Å². The molecule has 3 heterocycles. The number of nitrogens with one attached hydrogen (secondary N) is 3. The topological polar surface area (TPSA) is 109 Å². The van der Waals surface area contributed by atoms with Gasteiger partial charge in [-0.3, -0.25) is 15.2 Å². The summed E-state index contributed by atoms with van der Waals surface area (Å²) >= 11 is 1.13. The van der Waals surface area contributed by atoms with Crippen LogP contribution in [0, 0.1) is 0 Å². The third-order valence-corrected chi connectivity index (χ3v) is 4.87. The number of aromatic amines is 1. The number of aromatic nitrogens is 3. The van der Waals surface area contributed by atoms with Gasteiger partial charge in [0.25, 0.3) is 5.91 Å². The molecular weight excluding hydrogens is 378 g/mol. The number of carbonyl (C=O) groups is 2. The summed E-state index contributed by atoms with van der Waals surface area (Å²) in [6.07, 6.45) is 0.817. The van der Waals surface area contributed by atoms with Crippen LogP contribution in [0.25, 0.3) is 0 Å². The van der Waals surface area contributed by atoms with Crippen molar-refractivity contribution in [3.63, 3.8) is 0 Å². The van der Waals surface area contributed by atoms with E-state index in [2.05, 4.69) is 25.8 Å². The van der Waals surface area contributed by atoms with E-state index in [1.54, 1.807) is 6.92 Å². The highest BCUT2D eigenvalue weighted by Crippen LogP contribution is 2.29. The van der Waals surface area contributed by atoms with E-state index in [9.17, 15) is 9.59 Å². The molecule has 0 saturated carbocycles. The Morgan fingerprint density at radius 1 is 1.38 bits per heavy atom. The fourth-order valence-electron chi connectivity index (χ4n) is 2.69. The van der Waals surface area contributed by atoms with Gasteiger partial charge < -0.3 is 10.1 Å². The van der Waals surface area contributed by atoms with E-state index in [1.807, 2.05) is 13.8 Å². The van der Waals surface area contributed by atoms with Crippen molar-refractivity contribution in [1.29, 1.82) is 0 Å². The van der Waals surface area contributed by atoms with E-state index in [1.165, 1.54) is 0 Å². The third-order valence-electron chi connectivity index (χ3n) is 3.90. The molecule has 1 aliphatic heterocycles. The average molecular weight is 400 g/mol. The molecule has 0 saturated heterocycles. The van der Waals surface area contributed by atoms with Gasteiger partial charge in [0.1, 0.15) is 4.88 Å². The Morgan fingerprint density at radius 2 is 2.15 bits per heavy atom. The summed E-state index contributed by atoms with van der Waals surface area (Å²) in [5.41, 5.74) is 2.86. The molecule has 3 N–H and O–H groups in total. The predicted octanol–water partition coefficient (Wildman–Crippen LogP) is 2.49. The number of halogens is 1. The molecule has 2 aromatic heterocycles. The number of nitrogens with zero attached hydrogens (tertiary/aromatic N) is 2. The monoisotopic (exact) mass is 399 g/mol. The van der Waals surface area contributed by atoms with Gasteiger partial charge in [0, 0.05) is 30.8 Å². The Kier molecular flexibility index (Phi) is 6.74. The quantitative estimate of drug-likeness (QED) is 0.666. The Labute approximate surface area is 161 Å². The predicted molar refractivity (Wildman–Crippen MR) is 101 cm³/mol. The van der Waals surface area contributed by atoms with Gasteiger partial charge in [-0.2, -0.15) is 5.10 Å². The standard InChI is InChI=1S/C16H21N5O3S.ClH/c1-4-24-15(23)13-11(8(2)3)18-16(25-13)19-14(22)12-9-7-17-6-5-10(9)20-21-12;/h8,17H,4-7H2,1-3H3,(H,20,21)(H,18,19,22);1H. The van der Waals surface area contributed by atoms with Gasteiger partial charge >= 0.3 is 5.97 Å². The van der Waals surface area contributed by atoms with Crippen LogP contribution in [0.15, 0.2) is 0 Å². The fourth-order valence-corrected chi connectivity index (χ4v) is 3.70. The lowest BCUT2D eigenvalue weighted by Gasteiger charge is -2.12. The maximum Gasteiger partial charge on any atom is 0.350 e. The third kappa shape index (κ3) is 4.05. The minimum Gasteiger partial charge on any atom is -0.462 e. The highest BCUT2D eigenvalue weighted by molar-refractivity contribution is 7.17. The van der Waals surface area contributed by atoms with Gasteiger partial charge in [-0.25, -0.2) is 9.78 Å². The lowest BCUT2D eigenvalue weighted by molar-refractivity contribution is 0.0530. The summed E-state index contributed by atoms with van der Waals surface area (Å²) in [5.74, 6) is -0.699. The zero-order valence-electron chi connectivity index (χ0n) is 14.8. The molecule has 142 valence electrons. The van der Waals surface area contributed by atoms with Crippen molar-refractivity contribution in [3.05, 3.63) is 27.5 Å². The molecule has 0 spiro atoms. The molecule has 0 bridgehead atoms. The second-order valence-electron chi connectivity index (χ2n) is 6.02. The van der Waals surface area contributed by atoms with Crippen molar-refractivity contribution in [1.82, 2.24) is 20.5 Å². The molecule has 1 amide bonds. The number of hydrogen-bond acceptors (Lipinski definition) is 7. The molecule has 3 rings (SSSR count). The van der Waals surface area contributed by atoms with Crippen LogP contribution >= 0.6 is 23.7 Å². The second kappa shape index (κ2) is 8.61. The summed E-state index contributed by atoms with van der Waals surface area (Å²) < 4.78 is 5.08. The molecule has 0 unspecified atom stereocenters. The summed E-state index contributed by atoms with van der Waals surface area (Å²) in [5, 5.41) is 13.4. The van der Waals surface area contributed by atoms with E-state index in [0.29, 0.717) is 34.5 Å². The highest BCUT2D eigenvalue weighted by Gasteiger charge is 2.25. The molecule has 0 aromatic carbocycles. The first-order chi connectivity index (χ1) is 12.0. The number of carbonyl (C=O) groups excluding carboxylic acids is 2. The first-order valence-electron chi connectivity index (χ1n) is 8.27. The van der Waals surface area contributed by atoms with Crippen LogP contribution < -0.4 is 10.6 Å². The van der Waals surface area contributed by atoms with Gasteiger partial charge in [-0.1, -0.05) is 25.2 Å². The van der Waals surface area contributed by atoms with Gasteiger partial charge in [-0.05, 0) is 12.8 Å². The van der Waals surface area contributed by atoms with Crippen molar-refractivity contribution in [3.8, 4) is 0 Å². The van der Waals surface area contributed by atoms with E-state index in [-0.39, 0.29) is 24.2 Å². The number of ether oxygens (including phenoxy) is 1. The van der Waals surface area contributed by atoms with Crippen molar-refractivity contribution in [2.45, 2.75) is 39.7 Å². The fraction of sp³-hybridized carbons (Fsp3) is 0.500. The number of esters is 1. The Balaban J connectivity index is 0.00000243. The lowest BCUT2D eigenvalue weighted by atomic mass is 10.1.